The van der Waals surface area contributed by atoms with Crippen LogP contribution >= 0.6 is 0 Å². The molecule has 0 aliphatic carbocycles. The number of carbonyl (C=O) groups is 1. The van der Waals surface area contributed by atoms with E-state index in [-0.39, 0.29) is 18.9 Å². The average Bonchev–Trinajstić information content (AvgIpc) is 3.25. The van der Waals surface area contributed by atoms with Gasteiger partial charge >= 0.3 is 20.8 Å². The van der Waals surface area contributed by atoms with Gasteiger partial charge in [0.25, 0.3) is 0 Å². The number of amides is 1. The largest absolute Gasteiger partial charge is 0.397 e. The Labute approximate surface area is 385 Å². The van der Waals surface area contributed by atoms with Crippen LogP contribution in [0.5, 0.6) is 0 Å². The first-order valence-corrected chi connectivity index (χ1v) is 27.0. The zero-order chi connectivity index (χ0) is 46.9. The quantitative estimate of drug-likeness (QED) is 0.0235. The Kier molecular flexibility index (Phi) is 31.9. The van der Waals surface area contributed by atoms with Crippen molar-refractivity contribution in [1.82, 2.24) is 5.32 Å². The van der Waals surface area contributed by atoms with Crippen molar-refractivity contribution in [1.29, 1.82) is 0 Å². The van der Waals surface area contributed by atoms with Gasteiger partial charge in [-0.25, -0.2) is 8.37 Å². The van der Waals surface area contributed by atoms with Crippen molar-refractivity contribution in [3.63, 3.8) is 0 Å². The average molecular weight is 950 g/mol. The first kappa shape index (κ1) is 58.1. The van der Waals surface area contributed by atoms with E-state index in [0.29, 0.717) is 6.42 Å². The maximum atomic E-state index is 13.6. The van der Waals surface area contributed by atoms with E-state index in [1.807, 2.05) is 42.5 Å². The smallest absolute Gasteiger partial charge is 0.387 e. The molecule has 0 bridgehead atoms. The molecule has 1 aromatic rings. The minimum atomic E-state index is -5.24. The molecule has 1 aliphatic rings. The van der Waals surface area contributed by atoms with E-state index in [0.717, 1.165) is 50.5 Å². The third-order valence-electron chi connectivity index (χ3n) is 11.5. The van der Waals surface area contributed by atoms with Crippen LogP contribution in [0.15, 0.2) is 42.5 Å². The van der Waals surface area contributed by atoms with E-state index in [1.165, 1.54) is 109 Å². The third kappa shape index (κ3) is 28.9. The van der Waals surface area contributed by atoms with Crippen molar-refractivity contribution in [2.75, 3.05) is 13.2 Å². The zero-order valence-corrected chi connectivity index (χ0v) is 40.4. The number of rotatable bonds is 40. The zero-order valence-electron chi connectivity index (χ0n) is 38.8. The van der Waals surface area contributed by atoms with Gasteiger partial charge in [-0.2, -0.15) is 16.8 Å². The molecule has 5 N–H and O–H groups in total. The fourth-order valence-corrected chi connectivity index (χ4v) is 8.59. The highest BCUT2D eigenvalue weighted by Crippen LogP contribution is 2.27. The highest BCUT2D eigenvalue weighted by atomic mass is 32.3. The molecule has 1 aliphatic heterocycles. The van der Waals surface area contributed by atoms with Crippen molar-refractivity contribution in [3.8, 4) is 0 Å². The number of benzene rings is 1. The van der Waals surface area contributed by atoms with Gasteiger partial charge in [-0.15, -0.1) is 0 Å². The number of carbonyl (C=O) groups excluding carboxylic acids is 1. The highest BCUT2D eigenvalue weighted by Gasteiger charge is 2.48. The summed E-state index contributed by atoms with van der Waals surface area (Å²) < 4.78 is 91.9. The van der Waals surface area contributed by atoms with Gasteiger partial charge in [0.15, 0.2) is 12.4 Å². The van der Waals surface area contributed by atoms with Gasteiger partial charge in [-0.3, -0.25) is 13.9 Å². The molecule has 1 saturated heterocycles. The van der Waals surface area contributed by atoms with Crippen LogP contribution in [0.3, 0.4) is 0 Å². The molecule has 0 radical (unpaired) electrons. The van der Waals surface area contributed by atoms with Crippen molar-refractivity contribution < 1.29 is 63.5 Å². The second kappa shape index (κ2) is 35.2. The molecule has 64 heavy (non-hydrogen) atoms. The van der Waals surface area contributed by atoms with Gasteiger partial charge in [0.2, 0.25) is 5.91 Å². The van der Waals surface area contributed by atoms with E-state index in [1.54, 1.807) is 0 Å². The minimum Gasteiger partial charge on any atom is -0.387 e. The number of ether oxygens (including phenoxy) is 3. The maximum Gasteiger partial charge on any atom is 0.397 e. The van der Waals surface area contributed by atoms with E-state index >= 15 is 0 Å². The third-order valence-corrected chi connectivity index (χ3v) is 12.4. The Morgan fingerprint density at radius 1 is 0.703 bits per heavy atom. The highest BCUT2D eigenvalue weighted by molar-refractivity contribution is 7.81. The summed E-state index contributed by atoms with van der Waals surface area (Å²) in [6, 6.07) is 8.55. The Morgan fingerprint density at radius 2 is 1.20 bits per heavy atom. The van der Waals surface area contributed by atoms with Crippen molar-refractivity contribution in [2.24, 2.45) is 0 Å². The second-order valence-electron chi connectivity index (χ2n) is 17.2. The summed E-state index contributed by atoms with van der Waals surface area (Å²) in [6.07, 6.45) is 22.9. The van der Waals surface area contributed by atoms with Crippen LogP contribution in [0, 0.1) is 0 Å². The maximum absolute atomic E-state index is 13.6. The van der Waals surface area contributed by atoms with Gasteiger partial charge in [-0.1, -0.05) is 198 Å². The predicted molar refractivity (Wildman–Crippen MR) is 248 cm³/mol. The first-order chi connectivity index (χ1) is 30.7. The van der Waals surface area contributed by atoms with Crippen molar-refractivity contribution in [3.05, 3.63) is 48.0 Å². The molecule has 1 amide bonds. The Balaban J connectivity index is 2.16. The standard InChI is InChI=1S/C47H83NO14S2/c1-3-5-7-9-11-13-15-17-19-21-23-25-30-34-41(58-36-39-32-28-27-29-33-39)40(48-43(49)35-31-26-24-22-20-18-16-14-12-10-8-6-4-2)37-59-47-46(62-64(55,56)57)45(51)44(50)42(61-47)38-60-63(52,53)54/h27-30,32-34,40-42,44-47,50-51H,3-26,31,35-38H2,1-2H3,(H,48,49)(H,52,53,54)(H,55,56,57)/b34-30+/t40-,41+,42?,44?,45?,46?,47?/m0/s1. The lowest BCUT2D eigenvalue weighted by atomic mass is 9.99. The number of unbranched alkanes of at least 4 members (excludes halogenated alkanes) is 23. The summed E-state index contributed by atoms with van der Waals surface area (Å²) in [4.78, 5) is 13.6. The van der Waals surface area contributed by atoms with Crippen molar-refractivity contribution >= 4 is 26.7 Å². The van der Waals surface area contributed by atoms with E-state index in [4.69, 9.17) is 18.8 Å². The molecule has 7 atom stereocenters. The SMILES string of the molecule is CCCCCCCCCCCCC/C=C/[C@@H](OCc1ccccc1)[C@H](COC1OC(COS(=O)(=O)O)C(O)C(O)C1OS(=O)(=O)O)NC(=O)CCCCCCCCCCCCCCC. The lowest BCUT2D eigenvalue weighted by Gasteiger charge is -2.41. The summed E-state index contributed by atoms with van der Waals surface area (Å²) in [5, 5.41) is 24.5. The molecule has 5 unspecified atom stereocenters. The minimum absolute atomic E-state index is 0.174. The van der Waals surface area contributed by atoms with E-state index < -0.39 is 76.9 Å². The van der Waals surface area contributed by atoms with E-state index in [2.05, 4.69) is 27.5 Å². The number of allylic oxidation sites excluding steroid dienone is 1. The summed E-state index contributed by atoms with van der Waals surface area (Å²) in [6.45, 7) is 3.24. The van der Waals surface area contributed by atoms with E-state index in [9.17, 15) is 36.4 Å². The van der Waals surface area contributed by atoms with Crippen LogP contribution in [-0.4, -0.2) is 98.1 Å². The van der Waals surface area contributed by atoms with Crippen LogP contribution in [0.4, 0.5) is 0 Å². The Morgan fingerprint density at radius 3 is 1.70 bits per heavy atom. The summed E-state index contributed by atoms with van der Waals surface area (Å²) in [5.41, 5.74) is 0.875. The molecule has 1 aromatic carbocycles. The first-order valence-electron chi connectivity index (χ1n) is 24.3. The fourth-order valence-electron chi connectivity index (χ4n) is 7.80. The van der Waals surface area contributed by atoms with Crippen LogP contribution in [0.2, 0.25) is 0 Å². The summed E-state index contributed by atoms with van der Waals surface area (Å²) in [7, 11) is -10.2. The van der Waals surface area contributed by atoms with Gasteiger partial charge < -0.3 is 29.7 Å². The second-order valence-corrected chi connectivity index (χ2v) is 19.4. The van der Waals surface area contributed by atoms with Gasteiger partial charge in [0.05, 0.1) is 32.0 Å². The molecule has 1 fully saturated rings. The number of aliphatic hydroxyl groups excluding tert-OH is 2. The van der Waals surface area contributed by atoms with Crippen LogP contribution in [0.25, 0.3) is 0 Å². The predicted octanol–water partition coefficient (Wildman–Crippen LogP) is 9.27. The number of hydrogen-bond donors (Lipinski definition) is 5. The monoisotopic (exact) mass is 950 g/mol. The molecular formula is C47H83NO14S2. The van der Waals surface area contributed by atoms with Crippen LogP contribution in [0.1, 0.15) is 186 Å². The number of hydrogen-bond acceptors (Lipinski definition) is 12. The van der Waals surface area contributed by atoms with Crippen LogP contribution in [-0.2, 0) is 54.8 Å². The molecule has 372 valence electrons. The lowest BCUT2D eigenvalue weighted by molar-refractivity contribution is -0.296. The molecule has 2 rings (SSSR count). The summed E-state index contributed by atoms with van der Waals surface area (Å²) >= 11 is 0. The molecule has 0 aromatic heterocycles. The molecular weight excluding hydrogens is 867 g/mol. The van der Waals surface area contributed by atoms with Gasteiger partial charge in [-0.05, 0) is 24.8 Å². The van der Waals surface area contributed by atoms with Gasteiger partial charge in [0.1, 0.15) is 18.3 Å². The molecule has 0 spiro atoms. The lowest BCUT2D eigenvalue weighted by Crippen LogP contribution is -2.61. The van der Waals surface area contributed by atoms with Gasteiger partial charge in [0, 0.05) is 6.42 Å². The Bertz CT molecular complexity index is 1560. The molecule has 17 heteroatoms. The molecule has 0 saturated carbocycles. The fraction of sp³-hybridized carbons (Fsp3) is 0.809. The molecule has 1 heterocycles. The van der Waals surface area contributed by atoms with Crippen molar-refractivity contribution in [2.45, 2.75) is 230 Å². The number of nitrogens with one attached hydrogen (secondary N) is 1. The molecule has 15 nitrogen and oxygen atoms in total. The Hall–Kier alpha value is -2.03. The number of aliphatic hydroxyl groups is 2. The van der Waals surface area contributed by atoms with Crippen LogP contribution < -0.4 is 5.32 Å². The topological polar surface area (TPSA) is 224 Å². The summed E-state index contributed by atoms with van der Waals surface area (Å²) in [5.74, 6) is -0.270. The normalized spacial score (nSPS) is 20.4.